The molecule has 1 aliphatic rings. The second-order valence-corrected chi connectivity index (χ2v) is 4.99. The van der Waals surface area contributed by atoms with E-state index in [1.54, 1.807) is 20.8 Å². The summed E-state index contributed by atoms with van der Waals surface area (Å²) in [6, 6.07) is 0. The van der Waals surface area contributed by atoms with Gasteiger partial charge in [0.15, 0.2) is 5.89 Å². The molecule has 2 rings (SSSR count). The van der Waals surface area contributed by atoms with E-state index in [2.05, 4.69) is 4.98 Å². The van der Waals surface area contributed by atoms with Gasteiger partial charge < -0.3 is 14.4 Å². The van der Waals surface area contributed by atoms with Crippen molar-refractivity contribution in [3.05, 3.63) is 17.3 Å². The standard InChI is InChI=1S/C12H16N2O4/c1-7-9(18-8(2)13-7)10(15)14-5-4-12(3,6-14)11(16)17/h4-6H2,1-3H3,(H,16,17)/t12-/m0/s1. The van der Waals surface area contributed by atoms with Gasteiger partial charge in [-0.05, 0) is 20.3 Å². The summed E-state index contributed by atoms with van der Waals surface area (Å²) < 4.78 is 5.27. The van der Waals surface area contributed by atoms with Crippen LogP contribution >= 0.6 is 0 Å². The van der Waals surface area contributed by atoms with E-state index >= 15 is 0 Å². The number of oxazole rings is 1. The lowest BCUT2D eigenvalue weighted by atomic mass is 9.90. The number of aliphatic carboxylic acids is 1. The maximum absolute atomic E-state index is 12.2. The third-order valence-corrected chi connectivity index (χ3v) is 3.37. The number of carboxylic acids is 1. The first-order valence-electron chi connectivity index (χ1n) is 5.80. The van der Waals surface area contributed by atoms with E-state index in [9.17, 15) is 9.59 Å². The monoisotopic (exact) mass is 252 g/mol. The van der Waals surface area contributed by atoms with Crippen LogP contribution in [0.25, 0.3) is 0 Å². The van der Waals surface area contributed by atoms with Crippen molar-refractivity contribution in [2.75, 3.05) is 13.1 Å². The van der Waals surface area contributed by atoms with Crippen LogP contribution in [0.2, 0.25) is 0 Å². The van der Waals surface area contributed by atoms with Gasteiger partial charge in [-0.3, -0.25) is 9.59 Å². The van der Waals surface area contributed by atoms with Crippen LogP contribution < -0.4 is 0 Å². The van der Waals surface area contributed by atoms with Crippen molar-refractivity contribution >= 4 is 11.9 Å². The van der Waals surface area contributed by atoms with Gasteiger partial charge >= 0.3 is 5.97 Å². The molecule has 1 N–H and O–H groups in total. The quantitative estimate of drug-likeness (QED) is 0.855. The largest absolute Gasteiger partial charge is 0.481 e. The molecule has 0 radical (unpaired) electrons. The molecule has 1 aliphatic heterocycles. The predicted molar refractivity (Wildman–Crippen MR) is 62.2 cm³/mol. The number of carbonyl (C=O) groups is 2. The molecule has 0 saturated carbocycles. The number of carbonyl (C=O) groups excluding carboxylic acids is 1. The zero-order valence-electron chi connectivity index (χ0n) is 10.7. The van der Waals surface area contributed by atoms with Crippen molar-refractivity contribution in [3.8, 4) is 0 Å². The second kappa shape index (κ2) is 4.12. The van der Waals surface area contributed by atoms with Gasteiger partial charge in [0.05, 0.1) is 11.1 Å². The number of hydrogen-bond acceptors (Lipinski definition) is 4. The molecule has 98 valence electrons. The molecule has 2 heterocycles. The van der Waals surface area contributed by atoms with E-state index in [1.165, 1.54) is 4.90 Å². The van der Waals surface area contributed by atoms with Gasteiger partial charge in [-0.2, -0.15) is 0 Å². The highest BCUT2D eigenvalue weighted by Crippen LogP contribution is 2.31. The molecule has 0 spiro atoms. The van der Waals surface area contributed by atoms with Gasteiger partial charge in [0.1, 0.15) is 0 Å². The van der Waals surface area contributed by atoms with E-state index in [0.717, 1.165) is 0 Å². The van der Waals surface area contributed by atoms with Crippen molar-refractivity contribution in [2.24, 2.45) is 5.41 Å². The van der Waals surface area contributed by atoms with Crippen molar-refractivity contribution in [3.63, 3.8) is 0 Å². The van der Waals surface area contributed by atoms with Crippen LogP contribution in [0.4, 0.5) is 0 Å². The third kappa shape index (κ3) is 1.98. The molecular formula is C12H16N2O4. The molecule has 1 amide bonds. The first-order chi connectivity index (χ1) is 8.33. The van der Waals surface area contributed by atoms with Gasteiger partial charge in [0, 0.05) is 20.0 Å². The summed E-state index contributed by atoms with van der Waals surface area (Å²) in [5, 5.41) is 9.13. The Labute approximate surface area is 105 Å². The highest BCUT2D eigenvalue weighted by atomic mass is 16.4. The number of nitrogens with zero attached hydrogens (tertiary/aromatic N) is 2. The highest BCUT2D eigenvalue weighted by molar-refractivity contribution is 5.93. The smallest absolute Gasteiger partial charge is 0.311 e. The van der Waals surface area contributed by atoms with Crippen LogP contribution in [0.3, 0.4) is 0 Å². The zero-order valence-corrected chi connectivity index (χ0v) is 10.7. The lowest BCUT2D eigenvalue weighted by molar-refractivity contribution is -0.147. The summed E-state index contributed by atoms with van der Waals surface area (Å²) in [7, 11) is 0. The number of likely N-dealkylation sites (tertiary alicyclic amines) is 1. The van der Waals surface area contributed by atoms with Crippen LogP contribution in [0.15, 0.2) is 4.42 Å². The minimum absolute atomic E-state index is 0.209. The van der Waals surface area contributed by atoms with Gasteiger partial charge in [0.2, 0.25) is 5.76 Å². The molecule has 6 heteroatoms. The maximum atomic E-state index is 12.2. The van der Waals surface area contributed by atoms with Crippen molar-refractivity contribution in [2.45, 2.75) is 27.2 Å². The molecule has 1 fully saturated rings. The highest BCUT2D eigenvalue weighted by Gasteiger charge is 2.43. The Hall–Kier alpha value is -1.85. The number of rotatable bonds is 2. The van der Waals surface area contributed by atoms with E-state index < -0.39 is 11.4 Å². The second-order valence-electron chi connectivity index (χ2n) is 4.99. The van der Waals surface area contributed by atoms with E-state index in [4.69, 9.17) is 9.52 Å². The summed E-state index contributed by atoms with van der Waals surface area (Å²) in [4.78, 5) is 28.9. The lowest BCUT2D eigenvalue weighted by Crippen LogP contribution is -2.35. The zero-order chi connectivity index (χ0) is 13.5. The normalized spacial score (nSPS) is 23.4. The molecule has 0 aromatic carbocycles. The summed E-state index contributed by atoms with van der Waals surface area (Å²) in [6.45, 7) is 5.67. The molecule has 0 bridgehead atoms. The Morgan fingerprint density at radius 3 is 2.56 bits per heavy atom. The minimum atomic E-state index is -0.872. The van der Waals surface area contributed by atoms with Gasteiger partial charge in [-0.1, -0.05) is 0 Å². The summed E-state index contributed by atoms with van der Waals surface area (Å²) in [5.74, 6) is -0.500. The first-order valence-corrected chi connectivity index (χ1v) is 5.80. The Bertz CT molecular complexity index is 508. The number of aryl methyl sites for hydroxylation is 2. The first kappa shape index (κ1) is 12.6. The molecular weight excluding hydrogens is 236 g/mol. The van der Waals surface area contributed by atoms with E-state index in [-0.39, 0.29) is 18.2 Å². The molecule has 18 heavy (non-hydrogen) atoms. The number of amides is 1. The third-order valence-electron chi connectivity index (χ3n) is 3.37. The van der Waals surface area contributed by atoms with E-state index in [1.807, 2.05) is 0 Å². The van der Waals surface area contributed by atoms with Crippen molar-refractivity contribution in [1.82, 2.24) is 9.88 Å². The lowest BCUT2D eigenvalue weighted by Gasteiger charge is -2.19. The average Bonchev–Trinajstić information content (AvgIpc) is 2.82. The van der Waals surface area contributed by atoms with Gasteiger partial charge in [-0.25, -0.2) is 4.98 Å². The van der Waals surface area contributed by atoms with Crippen molar-refractivity contribution in [1.29, 1.82) is 0 Å². The molecule has 0 aliphatic carbocycles. The number of aromatic nitrogens is 1. The van der Waals surface area contributed by atoms with Crippen LogP contribution in [-0.2, 0) is 4.79 Å². The van der Waals surface area contributed by atoms with Crippen LogP contribution in [0, 0.1) is 19.3 Å². The SMILES string of the molecule is Cc1nc(C)c(C(=O)N2CC[C@](C)(C(=O)O)C2)o1. The van der Waals surface area contributed by atoms with Crippen LogP contribution in [-0.4, -0.2) is 40.0 Å². The Balaban J connectivity index is 2.18. The fourth-order valence-electron chi connectivity index (χ4n) is 2.18. The topological polar surface area (TPSA) is 83.6 Å². The maximum Gasteiger partial charge on any atom is 0.311 e. The number of carboxylic acid groups (broad SMARTS) is 1. The molecule has 1 aromatic rings. The molecule has 6 nitrogen and oxygen atoms in total. The predicted octanol–water partition coefficient (Wildman–Crippen LogP) is 1.23. The Morgan fingerprint density at radius 1 is 1.44 bits per heavy atom. The summed E-state index contributed by atoms with van der Waals surface area (Å²) >= 11 is 0. The van der Waals surface area contributed by atoms with Crippen LogP contribution in [0.5, 0.6) is 0 Å². The van der Waals surface area contributed by atoms with Gasteiger partial charge in [0.25, 0.3) is 5.91 Å². The molecule has 0 unspecified atom stereocenters. The summed E-state index contributed by atoms with van der Waals surface area (Å²) in [6.07, 6.45) is 0.459. The molecule has 1 aromatic heterocycles. The van der Waals surface area contributed by atoms with E-state index in [0.29, 0.717) is 24.6 Å². The Kier molecular flexibility index (Phi) is 2.88. The van der Waals surface area contributed by atoms with Crippen molar-refractivity contribution < 1.29 is 19.1 Å². The molecule has 1 saturated heterocycles. The minimum Gasteiger partial charge on any atom is -0.481 e. The molecule has 1 atom stereocenters. The van der Waals surface area contributed by atoms with Crippen LogP contribution in [0.1, 0.15) is 35.5 Å². The fourth-order valence-corrected chi connectivity index (χ4v) is 2.18. The average molecular weight is 252 g/mol. The summed E-state index contributed by atoms with van der Waals surface area (Å²) in [5.41, 5.74) is -0.319. The Morgan fingerprint density at radius 2 is 2.11 bits per heavy atom. The number of hydrogen-bond donors (Lipinski definition) is 1. The van der Waals surface area contributed by atoms with Gasteiger partial charge in [-0.15, -0.1) is 0 Å². The fraction of sp³-hybridized carbons (Fsp3) is 0.583.